The number of carbonyl (C=O) groups excluding carboxylic acids is 1. The fraction of sp³-hybridized carbons (Fsp3) is 0.235. The van der Waals surface area contributed by atoms with Gasteiger partial charge in [-0.3, -0.25) is 4.79 Å². The number of para-hydroxylation sites is 1. The zero-order valence-corrected chi connectivity index (χ0v) is 16.6. The van der Waals surface area contributed by atoms with Gasteiger partial charge in [0.05, 0.1) is 22.5 Å². The number of halogens is 2. The van der Waals surface area contributed by atoms with Crippen LogP contribution in [0.5, 0.6) is 11.5 Å². The van der Waals surface area contributed by atoms with Crippen LogP contribution in [0.3, 0.4) is 0 Å². The van der Waals surface area contributed by atoms with Gasteiger partial charge < -0.3 is 14.8 Å². The van der Waals surface area contributed by atoms with Crippen molar-refractivity contribution in [3.63, 3.8) is 0 Å². The van der Waals surface area contributed by atoms with Crippen LogP contribution in [0, 0.1) is 3.57 Å². The summed E-state index contributed by atoms with van der Waals surface area (Å²) in [6.07, 6.45) is 0. The molecule has 0 saturated carbocycles. The predicted octanol–water partition coefficient (Wildman–Crippen LogP) is 5.10. The van der Waals surface area contributed by atoms with E-state index in [4.69, 9.17) is 9.47 Å². The van der Waals surface area contributed by atoms with Gasteiger partial charge in [-0.25, -0.2) is 0 Å². The molecule has 0 aliphatic carbocycles. The maximum Gasteiger partial charge on any atom is 0.255 e. The van der Waals surface area contributed by atoms with Crippen molar-refractivity contribution in [1.82, 2.24) is 0 Å². The highest BCUT2D eigenvalue weighted by molar-refractivity contribution is 14.1. The van der Waals surface area contributed by atoms with E-state index in [2.05, 4.69) is 43.8 Å². The molecule has 0 saturated heterocycles. The molecular weight excluding hydrogens is 473 g/mol. The lowest BCUT2D eigenvalue weighted by molar-refractivity contribution is 0.102. The van der Waals surface area contributed by atoms with Crippen molar-refractivity contribution in [3.05, 3.63) is 50.0 Å². The lowest BCUT2D eigenvalue weighted by Gasteiger charge is -2.15. The molecule has 0 spiro atoms. The van der Waals surface area contributed by atoms with E-state index >= 15 is 0 Å². The van der Waals surface area contributed by atoms with Gasteiger partial charge in [0, 0.05) is 10.0 Å². The molecular formula is C17H17BrINO3. The van der Waals surface area contributed by atoms with Crippen molar-refractivity contribution >= 4 is 50.1 Å². The zero-order chi connectivity index (χ0) is 16.8. The first-order valence-corrected chi connectivity index (χ1v) is 9.09. The number of benzene rings is 2. The van der Waals surface area contributed by atoms with E-state index in [1.54, 1.807) is 12.1 Å². The van der Waals surface area contributed by atoms with Crippen LogP contribution in [0.1, 0.15) is 24.2 Å². The first kappa shape index (κ1) is 18.1. The van der Waals surface area contributed by atoms with Crippen LogP contribution in [0.4, 0.5) is 5.69 Å². The Balaban J connectivity index is 2.31. The van der Waals surface area contributed by atoms with E-state index in [1.165, 1.54) is 0 Å². The number of anilines is 1. The van der Waals surface area contributed by atoms with Crippen molar-refractivity contribution in [1.29, 1.82) is 0 Å². The first-order chi connectivity index (χ1) is 11.1. The largest absolute Gasteiger partial charge is 0.490 e. The van der Waals surface area contributed by atoms with Crippen LogP contribution in [-0.4, -0.2) is 19.1 Å². The van der Waals surface area contributed by atoms with Crippen molar-refractivity contribution in [2.24, 2.45) is 0 Å². The normalized spacial score (nSPS) is 10.3. The number of hydrogen-bond donors (Lipinski definition) is 1. The Morgan fingerprint density at radius 2 is 1.87 bits per heavy atom. The molecule has 0 radical (unpaired) electrons. The van der Waals surface area contributed by atoms with E-state index in [0.717, 1.165) is 13.7 Å². The van der Waals surface area contributed by atoms with Gasteiger partial charge in [0.25, 0.3) is 5.91 Å². The van der Waals surface area contributed by atoms with E-state index < -0.39 is 0 Å². The molecule has 0 aromatic heterocycles. The van der Waals surface area contributed by atoms with Crippen molar-refractivity contribution < 1.29 is 14.3 Å². The highest BCUT2D eigenvalue weighted by Gasteiger charge is 2.16. The fourth-order valence-corrected chi connectivity index (χ4v) is 3.14. The van der Waals surface area contributed by atoms with E-state index in [-0.39, 0.29) is 5.91 Å². The van der Waals surface area contributed by atoms with Gasteiger partial charge in [0.1, 0.15) is 0 Å². The second-order valence-corrected chi connectivity index (χ2v) is 6.60. The number of carbonyl (C=O) groups is 1. The maximum atomic E-state index is 12.5. The van der Waals surface area contributed by atoms with Gasteiger partial charge in [-0.05, 0) is 76.6 Å². The van der Waals surface area contributed by atoms with E-state index in [9.17, 15) is 4.79 Å². The van der Waals surface area contributed by atoms with Crippen molar-refractivity contribution in [2.45, 2.75) is 13.8 Å². The van der Waals surface area contributed by atoms with Gasteiger partial charge >= 0.3 is 0 Å². The molecule has 0 fully saturated rings. The molecule has 0 bridgehead atoms. The summed E-state index contributed by atoms with van der Waals surface area (Å²) in [6.45, 7) is 4.86. The smallest absolute Gasteiger partial charge is 0.255 e. The average molecular weight is 490 g/mol. The number of hydrogen-bond acceptors (Lipinski definition) is 3. The summed E-state index contributed by atoms with van der Waals surface area (Å²) in [7, 11) is 0. The van der Waals surface area contributed by atoms with Gasteiger partial charge in [0.15, 0.2) is 11.5 Å². The minimum absolute atomic E-state index is 0.196. The quantitative estimate of drug-likeness (QED) is 0.574. The third kappa shape index (κ3) is 4.60. The molecule has 4 nitrogen and oxygen atoms in total. The Kier molecular flexibility index (Phi) is 6.71. The van der Waals surface area contributed by atoms with Crippen LogP contribution >= 0.6 is 38.5 Å². The van der Waals surface area contributed by atoms with Gasteiger partial charge in [0.2, 0.25) is 0 Å². The lowest BCUT2D eigenvalue weighted by atomic mass is 10.1. The van der Waals surface area contributed by atoms with Gasteiger partial charge in [-0.15, -0.1) is 0 Å². The molecule has 0 aliphatic rings. The second-order valence-electron chi connectivity index (χ2n) is 4.59. The summed E-state index contributed by atoms with van der Waals surface area (Å²) in [4.78, 5) is 12.5. The molecule has 2 rings (SSSR count). The average Bonchev–Trinajstić information content (AvgIpc) is 2.53. The molecule has 1 N–H and O–H groups in total. The minimum Gasteiger partial charge on any atom is -0.490 e. The number of nitrogens with one attached hydrogen (secondary N) is 1. The molecule has 0 atom stereocenters. The monoisotopic (exact) mass is 489 g/mol. The highest BCUT2D eigenvalue weighted by Crippen LogP contribution is 2.34. The zero-order valence-electron chi connectivity index (χ0n) is 12.9. The molecule has 0 aliphatic heterocycles. The van der Waals surface area contributed by atoms with Crippen LogP contribution in [0.15, 0.2) is 40.9 Å². The third-order valence-electron chi connectivity index (χ3n) is 2.98. The van der Waals surface area contributed by atoms with E-state index in [0.29, 0.717) is 30.3 Å². The highest BCUT2D eigenvalue weighted by atomic mass is 127. The Bertz CT molecular complexity index is 706. The Hall–Kier alpha value is -1.28. The maximum absolute atomic E-state index is 12.5. The molecule has 23 heavy (non-hydrogen) atoms. The van der Waals surface area contributed by atoms with Crippen LogP contribution < -0.4 is 14.8 Å². The van der Waals surface area contributed by atoms with Crippen LogP contribution in [0.2, 0.25) is 0 Å². The van der Waals surface area contributed by atoms with E-state index in [1.807, 2.05) is 38.1 Å². The second kappa shape index (κ2) is 8.54. The molecule has 2 aromatic carbocycles. The van der Waals surface area contributed by atoms with Crippen molar-refractivity contribution in [3.8, 4) is 11.5 Å². The summed E-state index contributed by atoms with van der Waals surface area (Å²) in [5, 5.41) is 2.89. The molecule has 2 aromatic rings. The summed E-state index contributed by atoms with van der Waals surface area (Å²) < 4.78 is 12.9. The standard InChI is InChI=1S/C17H17BrINO3/c1-3-22-15-10-11(9-13(19)16(15)23-4-2)17(21)20-14-8-6-5-7-12(14)18/h5-10H,3-4H2,1-2H3,(H,20,21). The fourth-order valence-electron chi connectivity index (χ4n) is 2.00. The topological polar surface area (TPSA) is 47.6 Å². The third-order valence-corrected chi connectivity index (χ3v) is 4.48. The molecule has 6 heteroatoms. The molecule has 0 heterocycles. The molecule has 0 unspecified atom stereocenters. The number of ether oxygens (including phenoxy) is 2. The first-order valence-electron chi connectivity index (χ1n) is 7.21. The Morgan fingerprint density at radius 3 is 2.52 bits per heavy atom. The van der Waals surface area contributed by atoms with Crippen LogP contribution in [-0.2, 0) is 0 Å². The summed E-state index contributed by atoms with van der Waals surface area (Å²) >= 11 is 5.57. The summed E-state index contributed by atoms with van der Waals surface area (Å²) in [6, 6.07) is 11.0. The van der Waals surface area contributed by atoms with Gasteiger partial charge in [-0.2, -0.15) is 0 Å². The van der Waals surface area contributed by atoms with Crippen molar-refractivity contribution in [2.75, 3.05) is 18.5 Å². The number of rotatable bonds is 6. The van der Waals surface area contributed by atoms with Crippen LogP contribution in [0.25, 0.3) is 0 Å². The number of amides is 1. The molecule has 1 amide bonds. The summed E-state index contributed by atoms with van der Waals surface area (Å²) in [5.74, 6) is 1.06. The minimum atomic E-state index is -0.196. The predicted molar refractivity (Wildman–Crippen MR) is 104 cm³/mol. The molecule has 122 valence electrons. The Labute approximate surface area is 157 Å². The summed E-state index contributed by atoms with van der Waals surface area (Å²) in [5.41, 5.74) is 1.25. The Morgan fingerprint density at radius 1 is 1.17 bits per heavy atom. The van der Waals surface area contributed by atoms with Gasteiger partial charge in [-0.1, -0.05) is 12.1 Å². The SMILES string of the molecule is CCOc1cc(C(=O)Nc2ccccc2Br)cc(I)c1OCC. The lowest BCUT2D eigenvalue weighted by Crippen LogP contribution is -2.13.